The number of rotatable bonds is 4. The van der Waals surface area contributed by atoms with Gasteiger partial charge in [0.25, 0.3) is 0 Å². The van der Waals surface area contributed by atoms with Crippen LogP contribution < -0.4 is 0 Å². The van der Waals surface area contributed by atoms with Crippen LogP contribution in [0.15, 0.2) is 30.3 Å². The molecule has 0 saturated carbocycles. The molecule has 0 saturated heterocycles. The van der Waals surface area contributed by atoms with E-state index in [2.05, 4.69) is 50.1 Å². The Morgan fingerprint density at radius 1 is 1.23 bits per heavy atom. The quantitative estimate of drug-likeness (QED) is 0.812. The average Bonchev–Trinajstić information content (AvgIpc) is 2.79. The van der Waals surface area contributed by atoms with Crippen LogP contribution in [-0.2, 0) is 28.4 Å². The molecular weight excluding hydrogens is 276 g/mol. The number of hydrogen-bond donors (Lipinski definition) is 0. The Morgan fingerprint density at radius 2 is 1.86 bits per heavy atom. The van der Waals surface area contributed by atoms with E-state index in [1.807, 2.05) is 20.0 Å². The molecule has 0 fully saturated rings. The summed E-state index contributed by atoms with van der Waals surface area (Å²) in [4.78, 5) is 11.6. The zero-order valence-corrected chi connectivity index (χ0v) is 14.0. The molecule has 0 bridgehead atoms. The summed E-state index contributed by atoms with van der Waals surface area (Å²) in [5, 5.41) is 4.49. The molecule has 118 valence electrons. The molecule has 0 aliphatic rings. The highest BCUT2D eigenvalue weighted by molar-refractivity contribution is 5.73. The summed E-state index contributed by atoms with van der Waals surface area (Å²) in [7, 11) is 1.85. The second-order valence-corrected chi connectivity index (χ2v) is 6.45. The molecule has 2 rings (SSSR count). The Bertz CT molecular complexity index is 649. The lowest BCUT2D eigenvalue weighted by Gasteiger charge is -2.18. The Labute approximate surface area is 132 Å². The molecule has 0 aliphatic heterocycles. The van der Waals surface area contributed by atoms with E-state index in [0.29, 0.717) is 6.61 Å². The van der Waals surface area contributed by atoms with Crippen LogP contribution in [0.5, 0.6) is 0 Å². The van der Waals surface area contributed by atoms with Crippen molar-refractivity contribution in [1.29, 1.82) is 0 Å². The van der Waals surface area contributed by atoms with E-state index in [0.717, 1.165) is 17.0 Å². The van der Waals surface area contributed by atoms with E-state index in [-0.39, 0.29) is 17.8 Å². The van der Waals surface area contributed by atoms with Gasteiger partial charge >= 0.3 is 5.97 Å². The minimum atomic E-state index is -0.222. The number of benzene rings is 1. The van der Waals surface area contributed by atoms with Gasteiger partial charge < -0.3 is 4.74 Å². The van der Waals surface area contributed by atoms with Crippen molar-refractivity contribution in [2.75, 3.05) is 6.61 Å². The van der Waals surface area contributed by atoms with E-state index in [1.54, 1.807) is 4.68 Å². The third-order valence-corrected chi connectivity index (χ3v) is 3.65. The highest BCUT2D eigenvalue weighted by atomic mass is 16.5. The van der Waals surface area contributed by atoms with Crippen LogP contribution >= 0.6 is 0 Å². The van der Waals surface area contributed by atoms with Crippen LogP contribution in [0.1, 0.15) is 39.0 Å². The van der Waals surface area contributed by atoms with Gasteiger partial charge in [-0.3, -0.25) is 9.48 Å². The predicted octanol–water partition coefficient (Wildman–Crippen LogP) is 3.49. The molecule has 0 amide bonds. The second kappa shape index (κ2) is 6.34. The fourth-order valence-corrected chi connectivity index (χ4v) is 2.31. The summed E-state index contributed by atoms with van der Waals surface area (Å²) in [6, 6.07) is 10.4. The molecule has 1 aromatic carbocycles. The third-order valence-electron chi connectivity index (χ3n) is 3.65. The third kappa shape index (κ3) is 3.75. The summed E-state index contributed by atoms with van der Waals surface area (Å²) in [5.74, 6) is -0.222. The summed E-state index contributed by atoms with van der Waals surface area (Å²) >= 11 is 0. The first-order valence-electron chi connectivity index (χ1n) is 7.60. The molecule has 0 aliphatic carbocycles. The van der Waals surface area contributed by atoms with Crippen molar-refractivity contribution in [3.8, 4) is 11.3 Å². The van der Waals surface area contributed by atoms with Gasteiger partial charge in [-0.05, 0) is 24.0 Å². The van der Waals surface area contributed by atoms with Crippen LogP contribution in [0, 0.1) is 0 Å². The van der Waals surface area contributed by atoms with Crippen LogP contribution in [-0.4, -0.2) is 22.4 Å². The summed E-state index contributed by atoms with van der Waals surface area (Å²) in [5.41, 5.74) is 4.21. The van der Waals surface area contributed by atoms with E-state index < -0.39 is 0 Å². The molecule has 4 heteroatoms. The fourth-order valence-electron chi connectivity index (χ4n) is 2.31. The molecule has 0 unspecified atom stereocenters. The van der Waals surface area contributed by atoms with Crippen molar-refractivity contribution in [1.82, 2.24) is 9.78 Å². The van der Waals surface area contributed by atoms with E-state index in [1.165, 1.54) is 5.56 Å². The van der Waals surface area contributed by atoms with Gasteiger partial charge in [0, 0.05) is 18.3 Å². The first-order valence-corrected chi connectivity index (χ1v) is 7.60. The number of carbonyl (C=O) groups excluding carboxylic acids is 1. The Morgan fingerprint density at radius 3 is 2.41 bits per heavy atom. The molecule has 0 atom stereocenters. The standard InChI is InChI=1S/C18H24N2O2/c1-6-22-17(21)12-15-11-16(19-20(15)5)13-7-9-14(10-8-13)18(2,3)4/h7-11H,6,12H2,1-5H3. The SMILES string of the molecule is CCOC(=O)Cc1cc(-c2ccc(C(C)(C)C)cc2)nn1C. The predicted molar refractivity (Wildman–Crippen MR) is 87.7 cm³/mol. The molecule has 1 heterocycles. The number of ether oxygens (including phenoxy) is 1. The Balaban J connectivity index is 2.21. The van der Waals surface area contributed by atoms with Gasteiger partial charge in [0.2, 0.25) is 0 Å². The maximum absolute atomic E-state index is 11.6. The van der Waals surface area contributed by atoms with Gasteiger partial charge in [0.1, 0.15) is 0 Å². The molecule has 22 heavy (non-hydrogen) atoms. The summed E-state index contributed by atoms with van der Waals surface area (Å²) in [6.45, 7) is 8.79. The smallest absolute Gasteiger partial charge is 0.311 e. The normalized spacial score (nSPS) is 11.5. The van der Waals surface area contributed by atoms with Gasteiger partial charge in [-0.25, -0.2) is 0 Å². The monoisotopic (exact) mass is 300 g/mol. The van der Waals surface area contributed by atoms with Crippen LogP contribution in [0.2, 0.25) is 0 Å². The highest BCUT2D eigenvalue weighted by Gasteiger charge is 2.15. The fraction of sp³-hybridized carbons (Fsp3) is 0.444. The zero-order chi connectivity index (χ0) is 16.3. The number of carbonyl (C=O) groups is 1. The largest absolute Gasteiger partial charge is 0.466 e. The van der Waals surface area contributed by atoms with E-state index >= 15 is 0 Å². The minimum Gasteiger partial charge on any atom is -0.466 e. The van der Waals surface area contributed by atoms with Crippen molar-refractivity contribution in [3.05, 3.63) is 41.6 Å². The minimum absolute atomic E-state index is 0.137. The van der Waals surface area contributed by atoms with E-state index in [4.69, 9.17) is 4.74 Å². The van der Waals surface area contributed by atoms with Gasteiger partial charge in [-0.2, -0.15) is 5.10 Å². The number of nitrogens with zero attached hydrogens (tertiary/aromatic N) is 2. The van der Waals surface area contributed by atoms with Gasteiger partial charge in [0.15, 0.2) is 0 Å². The highest BCUT2D eigenvalue weighted by Crippen LogP contribution is 2.26. The van der Waals surface area contributed by atoms with Crippen LogP contribution in [0.25, 0.3) is 11.3 Å². The van der Waals surface area contributed by atoms with Crippen molar-refractivity contribution in [3.63, 3.8) is 0 Å². The molecule has 0 radical (unpaired) electrons. The first-order chi connectivity index (χ1) is 10.3. The average molecular weight is 300 g/mol. The van der Waals surface area contributed by atoms with Crippen molar-refractivity contribution < 1.29 is 9.53 Å². The second-order valence-electron chi connectivity index (χ2n) is 6.45. The van der Waals surface area contributed by atoms with Crippen molar-refractivity contribution in [2.45, 2.75) is 39.5 Å². The maximum Gasteiger partial charge on any atom is 0.311 e. The lowest BCUT2D eigenvalue weighted by molar-refractivity contribution is -0.142. The summed E-state index contributed by atoms with van der Waals surface area (Å²) < 4.78 is 6.73. The molecular formula is C18H24N2O2. The maximum atomic E-state index is 11.6. The van der Waals surface area contributed by atoms with Crippen LogP contribution in [0.4, 0.5) is 0 Å². The lowest BCUT2D eigenvalue weighted by Crippen LogP contribution is -2.10. The van der Waals surface area contributed by atoms with Crippen molar-refractivity contribution >= 4 is 5.97 Å². The number of aryl methyl sites for hydroxylation is 1. The van der Waals surface area contributed by atoms with Gasteiger partial charge in [-0.1, -0.05) is 45.0 Å². The zero-order valence-electron chi connectivity index (χ0n) is 14.0. The Hall–Kier alpha value is -2.10. The van der Waals surface area contributed by atoms with Crippen LogP contribution in [0.3, 0.4) is 0 Å². The molecule has 0 spiro atoms. The van der Waals surface area contributed by atoms with E-state index in [9.17, 15) is 4.79 Å². The Kier molecular flexibility index (Phi) is 4.69. The molecule has 0 N–H and O–H groups in total. The number of esters is 1. The first kappa shape index (κ1) is 16.3. The molecule has 2 aromatic rings. The summed E-state index contributed by atoms with van der Waals surface area (Å²) in [6.07, 6.45) is 0.247. The lowest BCUT2D eigenvalue weighted by atomic mass is 9.86. The van der Waals surface area contributed by atoms with Gasteiger partial charge in [-0.15, -0.1) is 0 Å². The molecule has 1 aromatic heterocycles. The van der Waals surface area contributed by atoms with Gasteiger partial charge in [0.05, 0.1) is 18.7 Å². The number of hydrogen-bond acceptors (Lipinski definition) is 3. The topological polar surface area (TPSA) is 44.1 Å². The van der Waals surface area contributed by atoms with Crippen molar-refractivity contribution in [2.24, 2.45) is 7.05 Å². The molecule has 4 nitrogen and oxygen atoms in total. The number of aromatic nitrogens is 2.